The van der Waals surface area contributed by atoms with Crippen molar-refractivity contribution in [2.75, 3.05) is 14.2 Å². The molecule has 0 amide bonds. The Hall–Kier alpha value is -1.39. The monoisotopic (exact) mass is 351 g/mol. The zero-order chi connectivity index (χ0) is 15.2. The van der Waals surface area contributed by atoms with Crippen LogP contribution in [0.25, 0.3) is 0 Å². The quantitative estimate of drug-likeness (QED) is 0.827. The number of aryl methyl sites for hydroxylation is 1. The van der Waals surface area contributed by atoms with Crippen LogP contribution in [0.15, 0.2) is 46.9 Å². The van der Waals surface area contributed by atoms with E-state index in [0.717, 1.165) is 24.2 Å². The van der Waals surface area contributed by atoms with Gasteiger partial charge in [0, 0.05) is 6.04 Å². The van der Waals surface area contributed by atoms with Gasteiger partial charge in [0.15, 0.2) is 0 Å². The Morgan fingerprint density at radius 2 is 1.90 bits per heavy atom. The summed E-state index contributed by atoms with van der Waals surface area (Å²) in [6.07, 6.45) is 1.83. The van der Waals surface area contributed by atoms with E-state index >= 15 is 0 Å². The number of benzene rings is 2. The largest absolute Gasteiger partial charge is 0.497 e. The van der Waals surface area contributed by atoms with Crippen LogP contribution < -0.4 is 10.1 Å². The van der Waals surface area contributed by atoms with Gasteiger partial charge in [-0.3, -0.25) is 0 Å². The molecule has 21 heavy (non-hydrogen) atoms. The maximum absolute atomic E-state index is 13.6. The molecule has 1 unspecified atom stereocenters. The van der Waals surface area contributed by atoms with Crippen molar-refractivity contribution in [3.63, 3.8) is 0 Å². The smallest absolute Gasteiger partial charge is 0.137 e. The van der Waals surface area contributed by atoms with Gasteiger partial charge in [0.05, 0.1) is 11.6 Å². The van der Waals surface area contributed by atoms with E-state index in [1.807, 2.05) is 25.2 Å². The molecule has 112 valence electrons. The summed E-state index contributed by atoms with van der Waals surface area (Å²) in [5, 5.41) is 3.25. The standard InChI is InChI=1S/C17H19BrFNO/c1-20-17(13-6-9-15(18)16(19)11-13)10-5-12-3-7-14(21-2)8-4-12/h3-4,6-9,11,17,20H,5,10H2,1-2H3. The van der Waals surface area contributed by atoms with Crippen LogP contribution in [0.3, 0.4) is 0 Å². The van der Waals surface area contributed by atoms with Crippen LogP contribution in [-0.2, 0) is 6.42 Å². The lowest BCUT2D eigenvalue weighted by Crippen LogP contribution is -2.17. The molecule has 0 saturated carbocycles. The highest BCUT2D eigenvalue weighted by atomic mass is 79.9. The van der Waals surface area contributed by atoms with Gasteiger partial charge in [0.25, 0.3) is 0 Å². The second kappa shape index (κ2) is 7.57. The molecule has 0 radical (unpaired) electrons. The number of hydrogen-bond acceptors (Lipinski definition) is 2. The van der Waals surface area contributed by atoms with Crippen LogP contribution in [0.1, 0.15) is 23.6 Å². The number of rotatable bonds is 6. The zero-order valence-corrected chi connectivity index (χ0v) is 13.8. The average Bonchev–Trinajstić information content (AvgIpc) is 2.52. The van der Waals surface area contributed by atoms with E-state index in [1.165, 1.54) is 5.56 Å². The highest BCUT2D eigenvalue weighted by Gasteiger charge is 2.11. The summed E-state index contributed by atoms with van der Waals surface area (Å²) in [5.41, 5.74) is 2.21. The number of hydrogen-bond donors (Lipinski definition) is 1. The molecule has 2 nitrogen and oxygen atoms in total. The predicted molar refractivity (Wildman–Crippen MR) is 87.2 cm³/mol. The molecule has 0 bridgehead atoms. The predicted octanol–water partition coefficient (Wildman–Crippen LogP) is 4.49. The van der Waals surface area contributed by atoms with E-state index in [2.05, 4.69) is 33.4 Å². The van der Waals surface area contributed by atoms with Gasteiger partial charge in [-0.1, -0.05) is 18.2 Å². The average molecular weight is 352 g/mol. The summed E-state index contributed by atoms with van der Waals surface area (Å²) in [6.45, 7) is 0. The summed E-state index contributed by atoms with van der Waals surface area (Å²) in [4.78, 5) is 0. The lowest BCUT2D eigenvalue weighted by molar-refractivity contribution is 0.414. The molecule has 2 aromatic carbocycles. The molecule has 2 rings (SSSR count). The Morgan fingerprint density at radius 3 is 2.48 bits per heavy atom. The van der Waals surface area contributed by atoms with Crippen molar-refractivity contribution in [1.29, 1.82) is 0 Å². The van der Waals surface area contributed by atoms with Gasteiger partial charge in [0.2, 0.25) is 0 Å². The Labute approximate surface area is 133 Å². The lowest BCUT2D eigenvalue weighted by Gasteiger charge is -2.17. The number of ether oxygens (including phenoxy) is 1. The van der Waals surface area contributed by atoms with Crippen molar-refractivity contribution in [3.8, 4) is 5.75 Å². The molecule has 1 atom stereocenters. The number of nitrogens with one attached hydrogen (secondary N) is 1. The Morgan fingerprint density at radius 1 is 1.19 bits per heavy atom. The van der Waals surface area contributed by atoms with E-state index in [9.17, 15) is 4.39 Å². The third kappa shape index (κ3) is 4.29. The van der Waals surface area contributed by atoms with Gasteiger partial charge in [-0.15, -0.1) is 0 Å². The summed E-state index contributed by atoms with van der Waals surface area (Å²) in [5.74, 6) is 0.635. The third-order valence-corrected chi connectivity index (χ3v) is 4.22. The molecule has 0 aliphatic heterocycles. The summed E-state index contributed by atoms with van der Waals surface area (Å²) in [6, 6.07) is 13.5. The topological polar surface area (TPSA) is 21.3 Å². The van der Waals surface area contributed by atoms with Crippen molar-refractivity contribution >= 4 is 15.9 Å². The molecular weight excluding hydrogens is 333 g/mol. The van der Waals surface area contributed by atoms with E-state index in [-0.39, 0.29) is 11.9 Å². The van der Waals surface area contributed by atoms with E-state index in [1.54, 1.807) is 19.2 Å². The first-order chi connectivity index (χ1) is 10.1. The van der Waals surface area contributed by atoms with Gasteiger partial charge in [0.1, 0.15) is 11.6 Å². The molecule has 0 spiro atoms. The van der Waals surface area contributed by atoms with Gasteiger partial charge in [-0.2, -0.15) is 0 Å². The normalized spacial score (nSPS) is 12.2. The van der Waals surface area contributed by atoms with Crippen molar-refractivity contribution in [1.82, 2.24) is 5.32 Å². The molecule has 2 aromatic rings. The Kier molecular flexibility index (Phi) is 5.76. The molecule has 0 aliphatic carbocycles. The number of methoxy groups -OCH3 is 1. The maximum Gasteiger partial charge on any atom is 0.137 e. The Bertz CT molecular complexity index is 586. The number of halogens is 2. The maximum atomic E-state index is 13.6. The van der Waals surface area contributed by atoms with Crippen LogP contribution in [-0.4, -0.2) is 14.2 Å². The zero-order valence-electron chi connectivity index (χ0n) is 12.2. The Balaban J connectivity index is 2.02. The van der Waals surface area contributed by atoms with Crippen LogP contribution in [0.2, 0.25) is 0 Å². The van der Waals surface area contributed by atoms with Gasteiger partial charge in [-0.05, 0) is 71.2 Å². The second-order valence-corrected chi connectivity index (χ2v) is 5.76. The van der Waals surface area contributed by atoms with Crippen molar-refractivity contribution in [3.05, 3.63) is 63.9 Å². The van der Waals surface area contributed by atoms with E-state index in [0.29, 0.717) is 4.47 Å². The van der Waals surface area contributed by atoms with Crippen LogP contribution >= 0.6 is 15.9 Å². The molecular formula is C17H19BrFNO. The first kappa shape index (κ1) is 16.0. The van der Waals surface area contributed by atoms with Crippen molar-refractivity contribution in [2.45, 2.75) is 18.9 Å². The summed E-state index contributed by atoms with van der Waals surface area (Å²) < 4.78 is 19.3. The fourth-order valence-corrected chi connectivity index (χ4v) is 2.56. The summed E-state index contributed by atoms with van der Waals surface area (Å²) in [7, 11) is 3.56. The molecule has 0 aliphatic rings. The van der Waals surface area contributed by atoms with Gasteiger partial charge >= 0.3 is 0 Å². The molecule has 0 aromatic heterocycles. The third-order valence-electron chi connectivity index (χ3n) is 3.58. The van der Waals surface area contributed by atoms with Crippen LogP contribution in [0.4, 0.5) is 4.39 Å². The molecule has 1 N–H and O–H groups in total. The van der Waals surface area contributed by atoms with Crippen molar-refractivity contribution in [2.24, 2.45) is 0 Å². The molecule has 0 fully saturated rings. The molecule has 4 heteroatoms. The first-order valence-electron chi connectivity index (χ1n) is 6.89. The minimum Gasteiger partial charge on any atom is -0.497 e. The van der Waals surface area contributed by atoms with E-state index < -0.39 is 0 Å². The SMILES string of the molecule is CNC(CCc1ccc(OC)cc1)c1ccc(Br)c(F)c1. The van der Waals surface area contributed by atoms with Crippen LogP contribution in [0.5, 0.6) is 5.75 Å². The fourth-order valence-electron chi connectivity index (χ4n) is 2.31. The molecule has 0 saturated heterocycles. The first-order valence-corrected chi connectivity index (χ1v) is 7.68. The summed E-state index contributed by atoms with van der Waals surface area (Å²) >= 11 is 3.18. The van der Waals surface area contributed by atoms with Crippen molar-refractivity contribution < 1.29 is 9.13 Å². The highest BCUT2D eigenvalue weighted by molar-refractivity contribution is 9.10. The van der Waals surface area contributed by atoms with Crippen LogP contribution in [0, 0.1) is 5.82 Å². The van der Waals surface area contributed by atoms with E-state index in [4.69, 9.17) is 4.74 Å². The fraction of sp³-hybridized carbons (Fsp3) is 0.294. The molecule has 0 heterocycles. The lowest BCUT2D eigenvalue weighted by atomic mass is 9.99. The minimum atomic E-state index is -0.225. The second-order valence-electron chi connectivity index (χ2n) is 4.90. The highest BCUT2D eigenvalue weighted by Crippen LogP contribution is 2.24. The van der Waals surface area contributed by atoms with Gasteiger partial charge < -0.3 is 10.1 Å². The minimum absolute atomic E-state index is 0.134. The van der Waals surface area contributed by atoms with Gasteiger partial charge in [-0.25, -0.2) is 4.39 Å².